The summed E-state index contributed by atoms with van der Waals surface area (Å²) in [6.07, 6.45) is -5.06. The predicted octanol–water partition coefficient (Wildman–Crippen LogP) is 7.09. The lowest BCUT2D eigenvalue weighted by Gasteiger charge is -2.33. The summed E-state index contributed by atoms with van der Waals surface area (Å²) in [5, 5.41) is 3.17. The summed E-state index contributed by atoms with van der Waals surface area (Å²) >= 11 is 0. The molecule has 1 amide bonds. The zero-order chi connectivity index (χ0) is 23.5. The first-order valence-corrected chi connectivity index (χ1v) is 10.3. The minimum Gasteiger partial charge on any atom is -0.361 e. The average Bonchev–Trinajstić information content (AvgIpc) is 2.74. The van der Waals surface area contributed by atoms with Gasteiger partial charge in [-0.05, 0) is 47.7 Å². The van der Waals surface area contributed by atoms with Crippen molar-refractivity contribution in [1.82, 2.24) is 0 Å². The maximum Gasteiger partial charge on any atom is 0.416 e. The van der Waals surface area contributed by atoms with Gasteiger partial charge >= 0.3 is 6.18 Å². The molecule has 1 unspecified atom stereocenters. The Hall–Kier alpha value is -3.28. The van der Waals surface area contributed by atoms with Crippen molar-refractivity contribution in [3.8, 4) is 0 Å². The van der Waals surface area contributed by atoms with Gasteiger partial charge in [0.25, 0.3) is 0 Å². The number of rotatable bonds is 6. The lowest BCUT2D eigenvalue weighted by Crippen LogP contribution is -2.34. The SMILES string of the molecule is Cc1ccccc1NC(c1ccccc1C(F)(F)F)N(C=O)c1ccc(C(C)(C)C)cc1. The molecule has 32 heavy (non-hydrogen) atoms. The fraction of sp³-hybridized carbons (Fsp3) is 0.269. The molecule has 3 aromatic carbocycles. The van der Waals surface area contributed by atoms with E-state index in [4.69, 9.17) is 0 Å². The van der Waals surface area contributed by atoms with E-state index in [1.165, 1.54) is 17.0 Å². The second-order valence-corrected chi connectivity index (χ2v) is 8.76. The van der Waals surface area contributed by atoms with Crippen LogP contribution in [-0.2, 0) is 16.4 Å². The van der Waals surface area contributed by atoms with Gasteiger partial charge < -0.3 is 5.32 Å². The lowest BCUT2D eigenvalue weighted by atomic mass is 9.87. The molecule has 3 rings (SSSR count). The molecule has 168 valence electrons. The van der Waals surface area contributed by atoms with E-state index in [-0.39, 0.29) is 11.0 Å². The molecule has 0 radical (unpaired) electrons. The Labute approximate surface area is 186 Å². The normalized spacial score (nSPS) is 12.8. The highest BCUT2D eigenvalue weighted by atomic mass is 19.4. The monoisotopic (exact) mass is 440 g/mol. The van der Waals surface area contributed by atoms with E-state index >= 15 is 0 Å². The Bertz CT molecular complexity index is 1070. The van der Waals surface area contributed by atoms with Crippen LogP contribution in [0.5, 0.6) is 0 Å². The molecular formula is C26H27F3N2O. The largest absolute Gasteiger partial charge is 0.416 e. The summed E-state index contributed by atoms with van der Waals surface area (Å²) in [6.45, 7) is 8.07. The van der Waals surface area contributed by atoms with E-state index in [9.17, 15) is 18.0 Å². The van der Waals surface area contributed by atoms with E-state index in [1.54, 1.807) is 30.3 Å². The van der Waals surface area contributed by atoms with Gasteiger partial charge in [-0.2, -0.15) is 13.2 Å². The number of nitrogens with one attached hydrogen (secondary N) is 1. The van der Waals surface area contributed by atoms with Crippen molar-refractivity contribution in [2.75, 3.05) is 10.2 Å². The van der Waals surface area contributed by atoms with Crippen LogP contribution in [0.4, 0.5) is 24.5 Å². The zero-order valence-corrected chi connectivity index (χ0v) is 18.6. The summed E-state index contributed by atoms with van der Waals surface area (Å²) in [4.78, 5) is 13.5. The summed E-state index contributed by atoms with van der Waals surface area (Å²) < 4.78 is 41.5. The van der Waals surface area contributed by atoms with Crippen LogP contribution in [0.25, 0.3) is 0 Å². The molecule has 6 heteroatoms. The van der Waals surface area contributed by atoms with Gasteiger partial charge in [0.2, 0.25) is 6.41 Å². The Kier molecular flexibility index (Phi) is 6.63. The van der Waals surface area contributed by atoms with Crippen molar-refractivity contribution in [3.05, 3.63) is 95.1 Å². The van der Waals surface area contributed by atoms with Crippen molar-refractivity contribution >= 4 is 17.8 Å². The first-order chi connectivity index (χ1) is 15.0. The van der Waals surface area contributed by atoms with Crippen molar-refractivity contribution in [2.24, 2.45) is 0 Å². The van der Waals surface area contributed by atoms with Crippen LogP contribution in [-0.4, -0.2) is 6.41 Å². The third-order valence-corrected chi connectivity index (χ3v) is 5.42. The highest BCUT2D eigenvalue weighted by molar-refractivity contribution is 5.78. The molecule has 0 fully saturated rings. The number of nitrogens with zero attached hydrogens (tertiary/aromatic N) is 1. The van der Waals surface area contributed by atoms with E-state index in [2.05, 4.69) is 26.1 Å². The molecule has 0 aliphatic rings. The second kappa shape index (κ2) is 9.07. The molecule has 0 aliphatic carbocycles. The average molecular weight is 441 g/mol. The number of carbonyl (C=O) groups is 1. The van der Waals surface area contributed by atoms with E-state index in [1.807, 2.05) is 31.2 Å². The van der Waals surface area contributed by atoms with Gasteiger partial charge in [0.1, 0.15) is 6.17 Å². The number of anilines is 2. The summed E-state index contributed by atoms with van der Waals surface area (Å²) in [7, 11) is 0. The van der Waals surface area contributed by atoms with E-state index in [0.29, 0.717) is 17.8 Å². The van der Waals surface area contributed by atoms with E-state index < -0.39 is 17.9 Å². The maximum atomic E-state index is 13.8. The van der Waals surface area contributed by atoms with Crippen molar-refractivity contribution < 1.29 is 18.0 Å². The molecule has 0 saturated carbocycles. The van der Waals surface area contributed by atoms with Crippen LogP contribution >= 0.6 is 0 Å². The van der Waals surface area contributed by atoms with Crippen molar-refractivity contribution in [1.29, 1.82) is 0 Å². The number of aryl methyl sites for hydroxylation is 1. The Balaban J connectivity index is 2.14. The second-order valence-electron chi connectivity index (χ2n) is 8.76. The van der Waals surface area contributed by atoms with Gasteiger partial charge in [0.15, 0.2) is 0 Å². The van der Waals surface area contributed by atoms with E-state index in [0.717, 1.165) is 17.2 Å². The molecule has 0 aliphatic heterocycles. The van der Waals surface area contributed by atoms with Gasteiger partial charge in [-0.1, -0.05) is 69.3 Å². The smallest absolute Gasteiger partial charge is 0.361 e. The quantitative estimate of drug-likeness (QED) is 0.328. The zero-order valence-electron chi connectivity index (χ0n) is 18.6. The molecular weight excluding hydrogens is 413 g/mol. The number of carbonyl (C=O) groups excluding carboxylic acids is 1. The minimum absolute atomic E-state index is 0.0322. The minimum atomic E-state index is -4.56. The van der Waals surface area contributed by atoms with Gasteiger partial charge in [0, 0.05) is 16.9 Å². The van der Waals surface area contributed by atoms with Crippen LogP contribution in [0, 0.1) is 6.92 Å². The Morgan fingerprint density at radius 3 is 2.03 bits per heavy atom. The number of para-hydroxylation sites is 1. The van der Waals surface area contributed by atoms with Gasteiger partial charge in [-0.25, -0.2) is 0 Å². The van der Waals surface area contributed by atoms with Gasteiger partial charge in [-0.15, -0.1) is 0 Å². The van der Waals surface area contributed by atoms with Crippen LogP contribution in [0.15, 0.2) is 72.8 Å². The molecule has 0 spiro atoms. The topological polar surface area (TPSA) is 32.3 Å². The molecule has 3 aromatic rings. The molecule has 0 bridgehead atoms. The third-order valence-electron chi connectivity index (χ3n) is 5.42. The van der Waals surface area contributed by atoms with Crippen molar-refractivity contribution in [2.45, 2.75) is 45.5 Å². The Morgan fingerprint density at radius 2 is 1.47 bits per heavy atom. The highest BCUT2D eigenvalue weighted by Gasteiger charge is 2.36. The first-order valence-electron chi connectivity index (χ1n) is 10.3. The number of halogens is 3. The van der Waals surface area contributed by atoms with Crippen LogP contribution in [0.3, 0.4) is 0 Å². The molecule has 3 nitrogen and oxygen atoms in total. The van der Waals surface area contributed by atoms with Crippen LogP contribution in [0.2, 0.25) is 0 Å². The number of hydrogen-bond acceptors (Lipinski definition) is 2. The first kappa shape index (κ1) is 23.4. The molecule has 0 saturated heterocycles. The fourth-order valence-corrected chi connectivity index (χ4v) is 3.58. The van der Waals surface area contributed by atoms with Crippen LogP contribution < -0.4 is 10.2 Å². The summed E-state index contributed by atoms with van der Waals surface area (Å²) in [6, 6.07) is 19.9. The van der Waals surface area contributed by atoms with Gasteiger partial charge in [0.05, 0.1) is 5.56 Å². The molecule has 0 heterocycles. The standard InChI is InChI=1S/C26H27F3N2O/c1-18-9-5-8-12-23(18)30-24(21-10-6-7-11-22(21)26(27,28)29)31(17-32)20-15-13-19(14-16-20)25(2,3)4/h5-17,24,30H,1-4H3. The highest BCUT2D eigenvalue weighted by Crippen LogP contribution is 2.38. The number of hydrogen-bond donors (Lipinski definition) is 1. The molecule has 1 N–H and O–H groups in total. The number of benzene rings is 3. The van der Waals surface area contributed by atoms with Crippen molar-refractivity contribution in [3.63, 3.8) is 0 Å². The summed E-state index contributed by atoms with van der Waals surface area (Å²) in [5.41, 5.74) is 2.15. The Morgan fingerprint density at radius 1 is 0.875 bits per heavy atom. The molecule has 1 atom stereocenters. The third kappa shape index (κ3) is 5.13. The summed E-state index contributed by atoms with van der Waals surface area (Å²) in [5.74, 6) is 0. The lowest BCUT2D eigenvalue weighted by molar-refractivity contribution is -0.138. The molecule has 0 aromatic heterocycles. The number of alkyl halides is 3. The number of amides is 1. The maximum absolute atomic E-state index is 13.8. The fourth-order valence-electron chi connectivity index (χ4n) is 3.58. The predicted molar refractivity (Wildman–Crippen MR) is 123 cm³/mol. The van der Waals surface area contributed by atoms with Gasteiger partial charge in [-0.3, -0.25) is 9.69 Å². The van der Waals surface area contributed by atoms with Crippen LogP contribution in [0.1, 0.15) is 49.2 Å².